The molecule has 3 heterocycles. The Bertz CT molecular complexity index is 1310. The van der Waals surface area contributed by atoms with Gasteiger partial charge in [-0.25, -0.2) is 4.98 Å². The molecule has 1 aliphatic rings. The molecule has 0 unspecified atom stereocenters. The number of methoxy groups -OCH3 is 1. The van der Waals surface area contributed by atoms with Gasteiger partial charge in [0.2, 0.25) is 0 Å². The van der Waals surface area contributed by atoms with Gasteiger partial charge in [-0.1, -0.05) is 41.9 Å². The van der Waals surface area contributed by atoms with E-state index < -0.39 is 0 Å². The van der Waals surface area contributed by atoms with E-state index in [0.29, 0.717) is 22.8 Å². The molecule has 170 valence electrons. The van der Waals surface area contributed by atoms with Gasteiger partial charge < -0.3 is 9.72 Å². The first kappa shape index (κ1) is 22.1. The monoisotopic (exact) mass is 480 g/mol. The highest BCUT2D eigenvalue weighted by molar-refractivity contribution is 7.17. The number of halogens is 1. The number of nitrogens with one attached hydrogen (secondary N) is 1. The van der Waals surface area contributed by atoms with Gasteiger partial charge in [0.25, 0.3) is 5.56 Å². The van der Waals surface area contributed by atoms with Crippen molar-refractivity contribution < 1.29 is 4.74 Å². The van der Waals surface area contributed by atoms with Crippen molar-refractivity contribution in [2.75, 3.05) is 33.3 Å². The Morgan fingerprint density at radius 1 is 1.00 bits per heavy atom. The molecule has 0 saturated carbocycles. The van der Waals surface area contributed by atoms with Crippen LogP contribution in [0.2, 0.25) is 5.02 Å². The predicted molar refractivity (Wildman–Crippen MR) is 134 cm³/mol. The maximum Gasteiger partial charge on any atom is 0.260 e. The van der Waals surface area contributed by atoms with Crippen LogP contribution in [0.15, 0.2) is 58.7 Å². The number of nitrogens with zero attached hydrogens (tertiary/aromatic N) is 3. The molecule has 5 rings (SSSR count). The summed E-state index contributed by atoms with van der Waals surface area (Å²) in [4.78, 5) is 26.3. The van der Waals surface area contributed by atoms with Gasteiger partial charge in [-0.2, -0.15) is 0 Å². The molecule has 33 heavy (non-hydrogen) atoms. The summed E-state index contributed by atoms with van der Waals surface area (Å²) in [5, 5.41) is 3.21. The molecule has 0 atom stereocenters. The molecule has 6 nitrogen and oxygen atoms in total. The van der Waals surface area contributed by atoms with Crippen LogP contribution in [0.25, 0.3) is 21.3 Å². The van der Waals surface area contributed by atoms with Crippen LogP contribution >= 0.6 is 22.9 Å². The molecule has 2 aromatic heterocycles. The maximum absolute atomic E-state index is 12.9. The fourth-order valence-corrected chi connectivity index (χ4v) is 5.45. The number of piperazine rings is 1. The van der Waals surface area contributed by atoms with E-state index in [-0.39, 0.29) is 5.56 Å². The second kappa shape index (κ2) is 9.65. The zero-order valence-electron chi connectivity index (χ0n) is 18.4. The van der Waals surface area contributed by atoms with Gasteiger partial charge >= 0.3 is 0 Å². The third-order valence-corrected chi connectivity index (χ3v) is 7.26. The molecular weight excluding hydrogens is 456 g/mol. The van der Waals surface area contributed by atoms with Crippen LogP contribution in [0.4, 0.5) is 0 Å². The number of aromatic nitrogens is 2. The molecule has 1 saturated heterocycles. The third kappa shape index (κ3) is 4.82. The van der Waals surface area contributed by atoms with Gasteiger partial charge in [0.05, 0.1) is 19.0 Å². The summed E-state index contributed by atoms with van der Waals surface area (Å²) in [6, 6.07) is 15.8. The Kier molecular flexibility index (Phi) is 6.46. The van der Waals surface area contributed by atoms with Crippen LogP contribution in [0.1, 0.15) is 11.4 Å². The van der Waals surface area contributed by atoms with Crippen molar-refractivity contribution >= 4 is 33.2 Å². The Morgan fingerprint density at radius 2 is 1.70 bits per heavy atom. The van der Waals surface area contributed by atoms with Gasteiger partial charge in [0.1, 0.15) is 16.4 Å². The molecule has 8 heteroatoms. The second-order valence-electron chi connectivity index (χ2n) is 8.22. The molecule has 0 aliphatic carbocycles. The normalized spacial score (nSPS) is 15.2. The highest BCUT2D eigenvalue weighted by atomic mass is 35.5. The number of thiophene rings is 1. The first-order chi connectivity index (χ1) is 16.1. The Labute approximate surface area is 201 Å². The maximum atomic E-state index is 12.9. The van der Waals surface area contributed by atoms with Crippen LogP contribution in [0, 0.1) is 0 Å². The van der Waals surface area contributed by atoms with E-state index in [1.807, 2.05) is 41.8 Å². The quantitative estimate of drug-likeness (QED) is 0.436. The summed E-state index contributed by atoms with van der Waals surface area (Å²) in [6.45, 7) is 5.41. The van der Waals surface area contributed by atoms with E-state index >= 15 is 0 Å². The van der Waals surface area contributed by atoms with Crippen molar-refractivity contribution in [3.8, 4) is 16.9 Å². The van der Waals surface area contributed by atoms with Crippen molar-refractivity contribution in [2.45, 2.75) is 13.1 Å². The van der Waals surface area contributed by atoms with Crippen molar-refractivity contribution in [1.82, 2.24) is 19.8 Å². The summed E-state index contributed by atoms with van der Waals surface area (Å²) in [5.41, 5.74) is 2.88. The first-order valence-electron chi connectivity index (χ1n) is 10.9. The number of rotatable bonds is 6. The van der Waals surface area contributed by atoms with Gasteiger partial charge in [-0.15, -0.1) is 11.3 Å². The lowest BCUT2D eigenvalue weighted by atomic mass is 10.1. The number of hydrogen-bond donors (Lipinski definition) is 1. The van der Waals surface area contributed by atoms with E-state index in [0.717, 1.165) is 54.4 Å². The van der Waals surface area contributed by atoms with Crippen LogP contribution in [0.5, 0.6) is 5.75 Å². The molecule has 0 radical (unpaired) electrons. The zero-order valence-corrected chi connectivity index (χ0v) is 20.0. The summed E-state index contributed by atoms with van der Waals surface area (Å²) < 4.78 is 5.24. The van der Waals surface area contributed by atoms with E-state index in [1.165, 1.54) is 16.9 Å². The average molecular weight is 481 g/mol. The van der Waals surface area contributed by atoms with Gasteiger partial charge in [-0.05, 0) is 23.8 Å². The Balaban J connectivity index is 1.25. The Hall–Kier alpha value is -2.71. The van der Waals surface area contributed by atoms with Gasteiger partial charge in [-0.3, -0.25) is 14.6 Å². The molecule has 1 N–H and O–H groups in total. The average Bonchev–Trinajstić information content (AvgIpc) is 3.25. The second-order valence-corrected chi connectivity index (χ2v) is 9.49. The van der Waals surface area contributed by atoms with Crippen molar-refractivity contribution in [1.29, 1.82) is 0 Å². The van der Waals surface area contributed by atoms with Crippen molar-refractivity contribution in [3.63, 3.8) is 0 Å². The summed E-state index contributed by atoms with van der Waals surface area (Å²) in [7, 11) is 1.68. The fourth-order valence-electron chi connectivity index (χ4n) is 4.25. The fraction of sp³-hybridized carbons (Fsp3) is 0.280. The van der Waals surface area contributed by atoms with Crippen LogP contribution in [-0.2, 0) is 13.1 Å². The number of ether oxygens (including phenoxy) is 1. The molecular formula is C25H25ClN4O2S. The smallest absolute Gasteiger partial charge is 0.260 e. The molecule has 0 bridgehead atoms. The largest absolute Gasteiger partial charge is 0.497 e. The van der Waals surface area contributed by atoms with E-state index in [1.54, 1.807) is 7.11 Å². The van der Waals surface area contributed by atoms with Crippen LogP contribution < -0.4 is 10.3 Å². The SMILES string of the molecule is COc1ccc(CN2CCN(Cc3nc4scc(-c5ccccc5Cl)c4c(=O)[nH]3)CC2)cc1. The summed E-state index contributed by atoms with van der Waals surface area (Å²) in [5.74, 6) is 1.59. The topological polar surface area (TPSA) is 61.5 Å². The lowest BCUT2D eigenvalue weighted by Gasteiger charge is -2.34. The molecule has 1 aliphatic heterocycles. The van der Waals surface area contributed by atoms with Gasteiger partial charge in [0, 0.05) is 54.3 Å². The summed E-state index contributed by atoms with van der Waals surface area (Å²) in [6.07, 6.45) is 0. The number of hydrogen-bond acceptors (Lipinski definition) is 6. The molecule has 1 fully saturated rings. The number of benzene rings is 2. The third-order valence-electron chi connectivity index (χ3n) is 6.06. The number of fused-ring (bicyclic) bond motifs is 1. The molecule has 0 spiro atoms. The van der Waals surface area contributed by atoms with E-state index in [9.17, 15) is 4.79 Å². The van der Waals surface area contributed by atoms with Crippen molar-refractivity contribution in [3.05, 3.63) is 80.7 Å². The molecule has 4 aromatic rings. The van der Waals surface area contributed by atoms with Crippen molar-refractivity contribution in [2.24, 2.45) is 0 Å². The standard InChI is InChI=1S/C25H25ClN4O2S/c1-32-18-8-6-17(7-9-18)14-29-10-12-30(13-11-29)15-22-27-24(31)23-20(16-33-25(23)28-22)19-4-2-3-5-21(19)26/h2-9,16H,10-15H2,1H3,(H,27,28,31). The van der Waals surface area contributed by atoms with E-state index in [4.69, 9.17) is 21.3 Å². The minimum absolute atomic E-state index is 0.107. The lowest BCUT2D eigenvalue weighted by molar-refractivity contribution is 0.120. The Morgan fingerprint density at radius 3 is 2.39 bits per heavy atom. The minimum atomic E-state index is -0.107. The van der Waals surface area contributed by atoms with E-state index in [2.05, 4.69) is 26.9 Å². The number of H-pyrrole nitrogens is 1. The molecule has 2 aromatic carbocycles. The van der Waals surface area contributed by atoms with Crippen LogP contribution in [0.3, 0.4) is 0 Å². The number of aromatic amines is 1. The lowest BCUT2D eigenvalue weighted by Crippen LogP contribution is -2.45. The highest BCUT2D eigenvalue weighted by Gasteiger charge is 2.20. The first-order valence-corrected chi connectivity index (χ1v) is 12.2. The predicted octanol–water partition coefficient (Wildman–Crippen LogP) is 4.63. The molecule has 0 amide bonds. The highest BCUT2D eigenvalue weighted by Crippen LogP contribution is 2.34. The zero-order chi connectivity index (χ0) is 22.8. The van der Waals surface area contributed by atoms with Crippen LogP contribution in [-0.4, -0.2) is 53.1 Å². The summed E-state index contributed by atoms with van der Waals surface area (Å²) >= 11 is 7.85. The minimum Gasteiger partial charge on any atom is -0.497 e. The van der Waals surface area contributed by atoms with Gasteiger partial charge in [0.15, 0.2) is 0 Å².